The number of ether oxygens (including phenoxy) is 2. The third-order valence-electron chi connectivity index (χ3n) is 4.89. The molecule has 1 fully saturated rings. The van der Waals surface area contributed by atoms with Crippen LogP contribution >= 0.6 is 0 Å². The number of carbonyl (C=O) groups is 3. The van der Waals surface area contributed by atoms with Crippen LogP contribution in [-0.2, 0) is 19.1 Å². The number of hydrogen-bond acceptors (Lipinski definition) is 5. The van der Waals surface area contributed by atoms with Gasteiger partial charge in [0.2, 0.25) is 5.78 Å². The molecule has 0 saturated heterocycles. The average molecular weight is 340 g/mol. The van der Waals surface area contributed by atoms with Crippen molar-refractivity contribution in [1.82, 2.24) is 0 Å². The van der Waals surface area contributed by atoms with Crippen molar-refractivity contribution in [3.63, 3.8) is 0 Å². The van der Waals surface area contributed by atoms with Crippen LogP contribution in [0.15, 0.2) is 53.8 Å². The molecule has 1 saturated carbocycles. The van der Waals surface area contributed by atoms with E-state index in [1.54, 1.807) is 24.3 Å². The minimum atomic E-state index is -0.590. The van der Waals surface area contributed by atoms with Gasteiger partial charge < -0.3 is 9.47 Å². The minimum absolute atomic E-state index is 0.0446. The fraction of sp³-hybridized carbons (Fsp3) is 0.350. The Morgan fingerprint density at radius 1 is 1.04 bits per heavy atom. The van der Waals surface area contributed by atoms with Crippen molar-refractivity contribution < 1.29 is 23.9 Å². The van der Waals surface area contributed by atoms with Crippen LogP contribution in [0.5, 0.6) is 0 Å². The number of benzene rings is 1. The summed E-state index contributed by atoms with van der Waals surface area (Å²) in [7, 11) is 1.36. The summed E-state index contributed by atoms with van der Waals surface area (Å²) in [5, 5.41) is 0. The van der Waals surface area contributed by atoms with Gasteiger partial charge in [-0.3, -0.25) is 9.59 Å². The van der Waals surface area contributed by atoms with Crippen LogP contribution in [0, 0.1) is 5.41 Å². The summed E-state index contributed by atoms with van der Waals surface area (Å²) in [5.74, 6) is -0.940. The van der Waals surface area contributed by atoms with Gasteiger partial charge in [0.25, 0.3) is 0 Å². The second-order valence-corrected chi connectivity index (χ2v) is 6.43. The lowest BCUT2D eigenvalue weighted by Crippen LogP contribution is -2.33. The molecule has 0 N–H and O–H groups in total. The lowest BCUT2D eigenvalue weighted by molar-refractivity contribution is -0.118. The van der Waals surface area contributed by atoms with Gasteiger partial charge >= 0.3 is 5.97 Å². The van der Waals surface area contributed by atoms with Crippen molar-refractivity contribution in [3.05, 3.63) is 59.4 Å². The van der Waals surface area contributed by atoms with Crippen molar-refractivity contribution in [2.75, 3.05) is 13.7 Å². The van der Waals surface area contributed by atoms with Crippen LogP contribution in [0.25, 0.3) is 0 Å². The molecule has 2 aliphatic rings. The molecule has 0 unspecified atom stereocenters. The Kier molecular flexibility index (Phi) is 4.83. The van der Waals surface area contributed by atoms with Crippen LogP contribution in [-0.4, -0.2) is 31.3 Å². The number of ketones is 2. The molecular formula is C20H20O5. The van der Waals surface area contributed by atoms with Crippen LogP contribution in [0.2, 0.25) is 0 Å². The number of methoxy groups -OCH3 is 1. The molecule has 5 heteroatoms. The minimum Gasteiger partial charge on any atom is -0.493 e. The topological polar surface area (TPSA) is 69.7 Å². The Bertz CT molecular complexity index is 752. The fourth-order valence-electron chi connectivity index (χ4n) is 3.52. The lowest BCUT2D eigenvalue weighted by Gasteiger charge is -2.31. The first-order chi connectivity index (χ1) is 12.1. The van der Waals surface area contributed by atoms with E-state index in [1.807, 2.05) is 6.07 Å². The molecule has 0 aliphatic heterocycles. The largest absolute Gasteiger partial charge is 0.493 e. The summed E-state index contributed by atoms with van der Waals surface area (Å²) in [6, 6.07) is 8.74. The van der Waals surface area contributed by atoms with Gasteiger partial charge in [0.15, 0.2) is 11.5 Å². The van der Waals surface area contributed by atoms with Crippen LogP contribution in [0.1, 0.15) is 36.0 Å². The second-order valence-electron chi connectivity index (χ2n) is 6.43. The molecular weight excluding hydrogens is 320 g/mol. The maximum absolute atomic E-state index is 12.5. The SMILES string of the molecule is COC1=CC(=O)C(C2(COC(=O)c3ccccc3)CCCC2)=CC1=O. The number of carbonyl (C=O) groups excluding carboxylic acids is 3. The average Bonchev–Trinajstić information content (AvgIpc) is 3.12. The van der Waals surface area contributed by atoms with Gasteiger partial charge in [0.1, 0.15) is 6.61 Å². The van der Waals surface area contributed by atoms with Gasteiger partial charge in [-0.15, -0.1) is 0 Å². The van der Waals surface area contributed by atoms with E-state index in [0.717, 1.165) is 25.7 Å². The van der Waals surface area contributed by atoms with Gasteiger partial charge in [-0.25, -0.2) is 4.79 Å². The first kappa shape index (κ1) is 17.1. The highest BCUT2D eigenvalue weighted by atomic mass is 16.5. The fourth-order valence-corrected chi connectivity index (χ4v) is 3.52. The molecule has 0 amide bonds. The quantitative estimate of drug-likeness (QED) is 0.609. The number of hydrogen-bond donors (Lipinski definition) is 0. The van der Waals surface area contributed by atoms with Crippen molar-refractivity contribution in [1.29, 1.82) is 0 Å². The van der Waals surface area contributed by atoms with E-state index < -0.39 is 11.4 Å². The highest BCUT2D eigenvalue weighted by Crippen LogP contribution is 2.46. The zero-order valence-electron chi connectivity index (χ0n) is 14.1. The van der Waals surface area contributed by atoms with E-state index in [2.05, 4.69) is 0 Å². The molecule has 1 aromatic rings. The van der Waals surface area contributed by atoms with Gasteiger partial charge in [-0.2, -0.15) is 0 Å². The molecule has 0 radical (unpaired) electrons. The predicted octanol–water partition coefficient (Wildman–Crippen LogP) is 3.01. The summed E-state index contributed by atoms with van der Waals surface area (Å²) in [5.41, 5.74) is 0.307. The van der Waals surface area contributed by atoms with E-state index in [1.165, 1.54) is 19.3 Å². The standard InChI is InChI=1S/C20H20O5/c1-24-18-12-16(21)15(11-17(18)22)20(9-5-6-10-20)13-25-19(23)14-7-3-2-4-8-14/h2-4,7-8,11-12H,5-6,9-10,13H2,1H3. The Balaban J connectivity index is 1.80. The molecule has 0 atom stereocenters. The molecule has 0 bridgehead atoms. The molecule has 0 spiro atoms. The molecule has 0 aromatic heterocycles. The van der Waals surface area contributed by atoms with Crippen LogP contribution in [0.4, 0.5) is 0 Å². The monoisotopic (exact) mass is 340 g/mol. The number of esters is 1. The van der Waals surface area contributed by atoms with Crippen LogP contribution in [0.3, 0.4) is 0 Å². The van der Waals surface area contributed by atoms with Gasteiger partial charge in [-0.1, -0.05) is 31.0 Å². The van der Waals surface area contributed by atoms with Gasteiger partial charge in [-0.05, 0) is 31.1 Å². The Hall–Kier alpha value is -2.69. The van der Waals surface area contributed by atoms with Crippen molar-refractivity contribution in [2.45, 2.75) is 25.7 Å². The molecule has 5 nitrogen and oxygen atoms in total. The normalized spacial score (nSPS) is 19.2. The van der Waals surface area contributed by atoms with Crippen molar-refractivity contribution in [3.8, 4) is 0 Å². The van der Waals surface area contributed by atoms with Crippen molar-refractivity contribution in [2.24, 2.45) is 5.41 Å². The van der Waals surface area contributed by atoms with Gasteiger partial charge in [0, 0.05) is 17.1 Å². The zero-order chi connectivity index (χ0) is 17.9. The van der Waals surface area contributed by atoms with E-state index in [9.17, 15) is 14.4 Å². The van der Waals surface area contributed by atoms with E-state index in [0.29, 0.717) is 11.1 Å². The summed E-state index contributed by atoms with van der Waals surface area (Å²) in [6.45, 7) is 0.0989. The molecule has 130 valence electrons. The predicted molar refractivity (Wildman–Crippen MR) is 90.8 cm³/mol. The third-order valence-corrected chi connectivity index (χ3v) is 4.89. The summed E-state index contributed by atoms with van der Waals surface area (Å²) < 4.78 is 10.4. The maximum Gasteiger partial charge on any atom is 0.338 e. The Labute approximate surface area is 146 Å². The highest BCUT2D eigenvalue weighted by molar-refractivity contribution is 6.19. The molecule has 3 rings (SSSR count). The van der Waals surface area contributed by atoms with Crippen LogP contribution < -0.4 is 0 Å². The zero-order valence-corrected chi connectivity index (χ0v) is 14.1. The number of rotatable bonds is 5. The second kappa shape index (κ2) is 7.05. The van der Waals surface area contributed by atoms with Gasteiger partial charge in [0.05, 0.1) is 12.7 Å². The lowest BCUT2D eigenvalue weighted by atomic mass is 9.75. The first-order valence-electron chi connectivity index (χ1n) is 8.34. The summed E-state index contributed by atoms with van der Waals surface area (Å²) in [6.07, 6.45) is 5.89. The summed E-state index contributed by atoms with van der Waals surface area (Å²) in [4.78, 5) is 36.9. The molecule has 1 aromatic carbocycles. The molecule has 25 heavy (non-hydrogen) atoms. The van der Waals surface area contributed by atoms with E-state index >= 15 is 0 Å². The van der Waals surface area contributed by atoms with E-state index in [4.69, 9.17) is 9.47 Å². The highest BCUT2D eigenvalue weighted by Gasteiger charge is 2.43. The molecule has 0 heterocycles. The van der Waals surface area contributed by atoms with E-state index in [-0.39, 0.29) is 23.9 Å². The maximum atomic E-state index is 12.5. The number of allylic oxidation sites excluding steroid dienone is 2. The summed E-state index contributed by atoms with van der Waals surface area (Å²) >= 11 is 0. The third kappa shape index (κ3) is 3.40. The Morgan fingerprint density at radius 2 is 1.72 bits per heavy atom. The Morgan fingerprint density at radius 3 is 2.36 bits per heavy atom. The van der Waals surface area contributed by atoms with Crippen molar-refractivity contribution >= 4 is 17.5 Å². The smallest absolute Gasteiger partial charge is 0.338 e. The molecule has 2 aliphatic carbocycles. The first-order valence-corrected chi connectivity index (χ1v) is 8.34.